The highest BCUT2D eigenvalue weighted by atomic mass is 16.5. The van der Waals surface area contributed by atoms with Gasteiger partial charge in [0.15, 0.2) is 0 Å². The smallest absolute Gasteiger partial charge is 0.0934 e. The van der Waals surface area contributed by atoms with Gasteiger partial charge in [0.05, 0.1) is 12.7 Å². The molecular weight excluding hydrogens is 276 g/mol. The minimum Gasteiger partial charge on any atom is -0.382 e. The van der Waals surface area contributed by atoms with Crippen LogP contribution < -0.4 is 4.90 Å². The van der Waals surface area contributed by atoms with Gasteiger partial charge in [0.2, 0.25) is 0 Å². The lowest BCUT2D eigenvalue weighted by atomic mass is 10.2. The van der Waals surface area contributed by atoms with Crippen LogP contribution in [-0.2, 0) is 9.47 Å². The average Bonchev–Trinajstić information content (AvgIpc) is 2.54. The highest BCUT2D eigenvalue weighted by molar-refractivity contribution is 5.46. The van der Waals surface area contributed by atoms with Gasteiger partial charge in [-0.2, -0.15) is 0 Å². The lowest BCUT2D eigenvalue weighted by Crippen LogP contribution is -2.49. The number of para-hydroxylation sites is 1. The van der Waals surface area contributed by atoms with Gasteiger partial charge in [0, 0.05) is 52.1 Å². The van der Waals surface area contributed by atoms with Crippen molar-refractivity contribution in [3.05, 3.63) is 30.3 Å². The Hall–Kier alpha value is -1.10. The molecule has 1 aromatic rings. The van der Waals surface area contributed by atoms with Crippen LogP contribution in [0.2, 0.25) is 0 Å². The number of anilines is 1. The molecule has 124 valence electrons. The first-order valence-electron chi connectivity index (χ1n) is 8.32. The number of rotatable bonds is 8. The molecule has 0 aliphatic carbocycles. The zero-order chi connectivity index (χ0) is 15.8. The van der Waals surface area contributed by atoms with E-state index in [9.17, 15) is 0 Å². The van der Waals surface area contributed by atoms with Gasteiger partial charge in [-0.3, -0.25) is 4.90 Å². The fourth-order valence-corrected chi connectivity index (χ4v) is 2.78. The summed E-state index contributed by atoms with van der Waals surface area (Å²) in [5.41, 5.74) is 1.33. The summed E-state index contributed by atoms with van der Waals surface area (Å²) in [7, 11) is 1.75. The standard InChI is InChI=1S/C18H30N2O2/c1-16(2)14-22-18(15-21-3)13-19-9-11-20(12-10-19)17-7-5-4-6-8-17/h4-8,16,18H,9-15H2,1-3H3/t18-/m1/s1. The summed E-state index contributed by atoms with van der Waals surface area (Å²) in [6, 6.07) is 10.7. The summed E-state index contributed by atoms with van der Waals surface area (Å²) in [5, 5.41) is 0. The molecular formula is C18H30N2O2. The van der Waals surface area contributed by atoms with Crippen LogP contribution in [0.5, 0.6) is 0 Å². The van der Waals surface area contributed by atoms with Crippen LogP contribution in [0.15, 0.2) is 30.3 Å². The molecule has 2 rings (SSSR count). The summed E-state index contributed by atoms with van der Waals surface area (Å²) in [6.45, 7) is 11.1. The summed E-state index contributed by atoms with van der Waals surface area (Å²) in [5.74, 6) is 0.564. The van der Waals surface area contributed by atoms with Crippen LogP contribution in [0, 0.1) is 5.92 Å². The van der Waals surface area contributed by atoms with Crippen molar-refractivity contribution in [3.63, 3.8) is 0 Å². The zero-order valence-corrected chi connectivity index (χ0v) is 14.2. The number of ether oxygens (including phenoxy) is 2. The van der Waals surface area contributed by atoms with Gasteiger partial charge >= 0.3 is 0 Å². The number of piperazine rings is 1. The molecule has 1 saturated heterocycles. The van der Waals surface area contributed by atoms with Crippen molar-refractivity contribution in [2.75, 3.05) is 57.9 Å². The molecule has 22 heavy (non-hydrogen) atoms. The highest BCUT2D eigenvalue weighted by Gasteiger charge is 2.20. The van der Waals surface area contributed by atoms with E-state index in [-0.39, 0.29) is 6.10 Å². The summed E-state index contributed by atoms with van der Waals surface area (Å²) >= 11 is 0. The molecule has 0 aromatic heterocycles. The van der Waals surface area contributed by atoms with Crippen molar-refractivity contribution in [1.29, 1.82) is 0 Å². The maximum atomic E-state index is 5.98. The van der Waals surface area contributed by atoms with Gasteiger partial charge in [-0.05, 0) is 18.1 Å². The second kappa shape index (κ2) is 9.13. The van der Waals surface area contributed by atoms with Gasteiger partial charge in [-0.15, -0.1) is 0 Å². The molecule has 4 heteroatoms. The van der Waals surface area contributed by atoms with Gasteiger partial charge < -0.3 is 14.4 Å². The van der Waals surface area contributed by atoms with Gasteiger partial charge in [-0.25, -0.2) is 0 Å². The zero-order valence-electron chi connectivity index (χ0n) is 14.2. The second-order valence-electron chi connectivity index (χ2n) is 6.43. The number of hydrogen-bond donors (Lipinski definition) is 0. The fraction of sp³-hybridized carbons (Fsp3) is 0.667. The molecule has 0 amide bonds. The Kier molecular flexibility index (Phi) is 7.16. The van der Waals surface area contributed by atoms with Crippen molar-refractivity contribution >= 4 is 5.69 Å². The van der Waals surface area contributed by atoms with Crippen molar-refractivity contribution in [1.82, 2.24) is 4.90 Å². The Morgan fingerprint density at radius 3 is 2.27 bits per heavy atom. The monoisotopic (exact) mass is 306 g/mol. The topological polar surface area (TPSA) is 24.9 Å². The van der Waals surface area contributed by atoms with E-state index >= 15 is 0 Å². The predicted octanol–water partition coefficient (Wildman–Crippen LogP) is 2.50. The Morgan fingerprint density at radius 1 is 1.00 bits per heavy atom. The lowest BCUT2D eigenvalue weighted by molar-refractivity contribution is -0.0304. The first-order valence-corrected chi connectivity index (χ1v) is 8.32. The maximum Gasteiger partial charge on any atom is 0.0934 e. The van der Waals surface area contributed by atoms with Crippen molar-refractivity contribution < 1.29 is 9.47 Å². The van der Waals surface area contributed by atoms with E-state index in [4.69, 9.17) is 9.47 Å². The van der Waals surface area contributed by atoms with E-state index in [1.807, 2.05) is 0 Å². The van der Waals surface area contributed by atoms with Crippen LogP contribution >= 0.6 is 0 Å². The van der Waals surface area contributed by atoms with Crippen molar-refractivity contribution in [2.24, 2.45) is 5.92 Å². The van der Waals surface area contributed by atoms with Crippen LogP contribution in [0.3, 0.4) is 0 Å². The maximum absolute atomic E-state index is 5.98. The summed E-state index contributed by atoms with van der Waals surface area (Å²) < 4.78 is 11.3. The van der Waals surface area contributed by atoms with Gasteiger partial charge in [0.25, 0.3) is 0 Å². The molecule has 1 heterocycles. The minimum absolute atomic E-state index is 0.177. The Morgan fingerprint density at radius 2 is 1.68 bits per heavy atom. The van der Waals surface area contributed by atoms with E-state index in [0.29, 0.717) is 12.5 Å². The van der Waals surface area contributed by atoms with Gasteiger partial charge in [-0.1, -0.05) is 32.0 Å². The number of methoxy groups -OCH3 is 1. The molecule has 0 saturated carbocycles. The molecule has 1 atom stereocenters. The lowest BCUT2D eigenvalue weighted by Gasteiger charge is -2.37. The summed E-state index contributed by atoms with van der Waals surface area (Å²) in [4.78, 5) is 4.94. The Bertz CT molecular complexity index is 403. The number of benzene rings is 1. The van der Waals surface area contributed by atoms with E-state index in [1.54, 1.807) is 7.11 Å². The average molecular weight is 306 g/mol. The van der Waals surface area contributed by atoms with E-state index < -0.39 is 0 Å². The third-order valence-electron chi connectivity index (χ3n) is 3.97. The normalized spacial score (nSPS) is 17.9. The number of hydrogen-bond acceptors (Lipinski definition) is 4. The molecule has 0 radical (unpaired) electrons. The molecule has 0 bridgehead atoms. The van der Waals surface area contributed by atoms with Crippen LogP contribution in [0.4, 0.5) is 5.69 Å². The van der Waals surface area contributed by atoms with Crippen LogP contribution in [-0.4, -0.2) is 64.1 Å². The molecule has 4 nitrogen and oxygen atoms in total. The molecule has 1 fully saturated rings. The van der Waals surface area contributed by atoms with E-state index in [0.717, 1.165) is 39.3 Å². The van der Waals surface area contributed by atoms with Crippen molar-refractivity contribution in [2.45, 2.75) is 20.0 Å². The summed E-state index contributed by atoms with van der Waals surface area (Å²) in [6.07, 6.45) is 0.177. The fourth-order valence-electron chi connectivity index (χ4n) is 2.78. The van der Waals surface area contributed by atoms with Crippen molar-refractivity contribution in [3.8, 4) is 0 Å². The molecule has 1 aromatic carbocycles. The first-order chi connectivity index (χ1) is 10.7. The molecule has 1 aliphatic rings. The molecule has 0 N–H and O–H groups in total. The first kappa shape index (κ1) is 17.3. The van der Waals surface area contributed by atoms with Crippen LogP contribution in [0.1, 0.15) is 13.8 Å². The van der Waals surface area contributed by atoms with E-state index in [1.165, 1.54) is 5.69 Å². The molecule has 1 aliphatic heterocycles. The Labute approximate surface area is 135 Å². The van der Waals surface area contributed by atoms with Crippen LogP contribution in [0.25, 0.3) is 0 Å². The number of nitrogens with zero attached hydrogens (tertiary/aromatic N) is 2. The second-order valence-corrected chi connectivity index (χ2v) is 6.43. The largest absolute Gasteiger partial charge is 0.382 e. The Balaban J connectivity index is 1.77. The third-order valence-corrected chi connectivity index (χ3v) is 3.97. The highest BCUT2D eigenvalue weighted by Crippen LogP contribution is 2.16. The molecule has 0 unspecified atom stereocenters. The SMILES string of the molecule is COC[C@@H](CN1CCN(c2ccccc2)CC1)OCC(C)C. The van der Waals surface area contributed by atoms with E-state index in [2.05, 4.69) is 54.0 Å². The van der Waals surface area contributed by atoms with Gasteiger partial charge in [0.1, 0.15) is 0 Å². The minimum atomic E-state index is 0.177. The molecule has 0 spiro atoms. The third kappa shape index (κ3) is 5.59. The predicted molar refractivity (Wildman–Crippen MR) is 91.5 cm³/mol. The quantitative estimate of drug-likeness (QED) is 0.737.